The molecule has 0 N–H and O–H groups in total. The van der Waals surface area contributed by atoms with Crippen LogP contribution in [0.15, 0.2) is 6.20 Å². The lowest BCUT2D eigenvalue weighted by molar-refractivity contribution is 0.271. The van der Waals surface area contributed by atoms with Crippen LogP contribution in [-0.4, -0.2) is 32.6 Å². The van der Waals surface area contributed by atoms with Crippen molar-refractivity contribution in [2.75, 3.05) is 19.0 Å². The highest BCUT2D eigenvalue weighted by molar-refractivity contribution is 6.99. The van der Waals surface area contributed by atoms with Gasteiger partial charge in [0.25, 0.3) is 0 Å². The average Bonchev–Trinajstić information content (AvgIpc) is 2.64. The topological polar surface area (TPSA) is 29.0 Å². The summed E-state index contributed by atoms with van der Waals surface area (Å²) >= 11 is 7.19. The first-order valence-electron chi connectivity index (χ1n) is 5.43. The fourth-order valence-electron chi connectivity index (χ4n) is 2.02. The molecule has 0 saturated carbocycles. The third kappa shape index (κ3) is 3.40. The predicted molar refractivity (Wildman–Crippen MR) is 63.2 cm³/mol. The summed E-state index contributed by atoms with van der Waals surface area (Å²) in [6.07, 6.45) is 5.62. The van der Waals surface area contributed by atoms with Crippen LogP contribution in [0.2, 0.25) is 0 Å². The zero-order valence-electron chi connectivity index (χ0n) is 8.73. The molecule has 15 heavy (non-hydrogen) atoms. The molecule has 0 bridgehead atoms. The molecule has 0 spiro atoms. The molecule has 0 aromatic carbocycles. The van der Waals surface area contributed by atoms with Crippen molar-refractivity contribution in [3.8, 4) is 0 Å². The lowest BCUT2D eigenvalue weighted by Gasteiger charge is -2.18. The van der Waals surface area contributed by atoms with E-state index in [1.165, 1.54) is 37.5 Å². The summed E-state index contributed by atoms with van der Waals surface area (Å²) in [5.41, 5.74) is 1.10. The summed E-state index contributed by atoms with van der Waals surface area (Å²) in [6, 6.07) is 0. The molecule has 1 aliphatic heterocycles. The van der Waals surface area contributed by atoms with Gasteiger partial charge in [-0.1, -0.05) is 0 Å². The summed E-state index contributed by atoms with van der Waals surface area (Å²) in [5, 5.41) is 0. The van der Waals surface area contributed by atoms with Gasteiger partial charge in [0.05, 0.1) is 23.6 Å². The zero-order valence-corrected chi connectivity index (χ0v) is 10.3. The number of nitrogens with zero attached hydrogens (tertiary/aromatic N) is 3. The second kappa shape index (κ2) is 5.77. The zero-order chi connectivity index (χ0) is 10.5. The highest BCUT2D eigenvalue weighted by Crippen LogP contribution is 2.19. The molecule has 2 rings (SSSR count). The van der Waals surface area contributed by atoms with Crippen molar-refractivity contribution in [3.05, 3.63) is 11.9 Å². The van der Waals surface area contributed by atoms with Gasteiger partial charge in [-0.25, -0.2) is 0 Å². The molecular weight excluding hydrogens is 230 g/mol. The van der Waals surface area contributed by atoms with Crippen molar-refractivity contribution < 1.29 is 0 Å². The highest BCUT2D eigenvalue weighted by Gasteiger charge is 2.16. The maximum absolute atomic E-state index is 5.90. The number of rotatable bonds is 3. The van der Waals surface area contributed by atoms with Crippen LogP contribution in [-0.2, 0) is 6.54 Å². The number of hydrogen-bond donors (Lipinski definition) is 0. The largest absolute Gasteiger partial charge is 0.297 e. The third-order valence-electron chi connectivity index (χ3n) is 2.95. The maximum Gasteiger partial charge on any atom is 0.0883 e. The number of aromatic nitrogens is 2. The van der Waals surface area contributed by atoms with E-state index in [9.17, 15) is 0 Å². The molecule has 84 valence electrons. The Hall–Kier alpha value is -0.190. The van der Waals surface area contributed by atoms with E-state index in [2.05, 4.69) is 13.6 Å². The standard InChI is InChI=1S/C10H16ClN3S/c11-6-9-2-1-4-14(5-3-9)8-10-7-12-15-13-10/h7,9H,1-6,8H2. The molecule has 0 radical (unpaired) electrons. The Bertz CT molecular complexity index is 278. The second-order valence-electron chi connectivity index (χ2n) is 4.13. The van der Waals surface area contributed by atoms with Gasteiger partial charge in [0.2, 0.25) is 0 Å². The van der Waals surface area contributed by atoms with Crippen molar-refractivity contribution in [1.29, 1.82) is 0 Å². The van der Waals surface area contributed by atoms with Gasteiger partial charge < -0.3 is 0 Å². The molecule has 3 nitrogen and oxygen atoms in total. The van der Waals surface area contributed by atoms with Crippen LogP contribution in [0.3, 0.4) is 0 Å². The van der Waals surface area contributed by atoms with Crippen LogP contribution in [0.1, 0.15) is 25.0 Å². The maximum atomic E-state index is 5.90. The minimum atomic E-state index is 0.713. The van der Waals surface area contributed by atoms with E-state index in [-0.39, 0.29) is 0 Å². The van der Waals surface area contributed by atoms with Crippen LogP contribution < -0.4 is 0 Å². The summed E-state index contributed by atoms with van der Waals surface area (Å²) in [5.74, 6) is 1.52. The molecule has 0 amide bonds. The van der Waals surface area contributed by atoms with E-state index in [0.717, 1.165) is 24.7 Å². The average molecular weight is 246 g/mol. The highest BCUT2D eigenvalue weighted by atomic mass is 35.5. The number of hydrogen-bond acceptors (Lipinski definition) is 4. The smallest absolute Gasteiger partial charge is 0.0883 e. The SMILES string of the molecule is ClCC1CCCN(Cc2cnsn2)CC1. The Balaban J connectivity index is 1.83. The lowest BCUT2D eigenvalue weighted by Crippen LogP contribution is -2.24. The number of likely N-dealkylation sites (tertiary alicyclic amines) is 1. The van der Waals surface area contributed by atoms with Crippen LogP contribution in [0.25, 0.3) is 0 Å². The second-order valence-corrected chi connectivity index (χ2v) is 4.99. The van der Waals surface area contributed by atoms with Crippen LogP contribution >= 0.6 is 23.3 Å². The molecule has 1 aromatic heterocycles. The minimum absolute atomic E-state index is 0.713. The third-order valence-corrected chi connectivity index (χ3v) is 3.90. The van der Waals surface area contributed by atoms with Gasteiger partial charge in [-0.05, 0) is 38.3 Å². The Morgan fingerprint density at radius 1 is 1.47 bits per heavy atom. The Morgan fingerprint density at radius 2 is 2.40 bits per heavy atom. The van der Waals surface area contributed by atoms with Crippen molar-refractivity contribution >= 4 is 23.3 Å². The van der Waals surface area contributed by atoms with Crippen molar-refractivity contribution in [1.82, 2.24) is 13.6 Å². The van der Waals surface area contributed by atoms with E-state index in [1.54, 1.807) is 0 Å². The molecule has 2 heterocycles. The van der Waals surface area contributed by atoms with Gasteiger partial charge >= 0.3 is 0 Å². The summed E-state index contributed by atoms with van der Waals surface area (Å²) in [4.78, 5) is 2.46. The number of alkyl halides is 1. The Kier molecular flexibility index (Phi) is 4.35. The first-order chi connectivity index (χ1) is 7.38. The monoisotopic (exact) mass is 245 g/mol. The molecule has 1 fully saturated rings. The van der Waals surface area contributed by atoms with E-state index in [1.807, 2.05) is 6.20 Å². The molecule has 1 aliphatic rings. The first kappa shape index (κ1) is 11.3. The van der Waals surface area contributed by atoms with Crippen LogP contribution in [0.5, 0.6) is 0 Å². The van der Waals surface area contributed by atoms with Gasteiger partial charge in [-0.2, -0.15) is 8.75 Å². The molecule has 0 aliphatic carbocycles. The van der Waals surface area contributed by atoms with Gasteiger partial charge in [0.1, 0.15) is 0 Å². The van der Waals surface area contributed by atoms with E-state index in [0.29, 0.717) is 5.92 Å². The van der Waals surface area contributed by atoms with Crippen LogP contribution in [0, 0.1) is 5.92 Å². The lowest BCUT2D eigenvalue weighted by atomic mass is 10.0. The molecular formula is C10H16ClN3S. The molecule has 5 heteroatoms. The number of halogens is 1. The van der Waals surface area contributed by atoms with Gasteiger partial charge in [-0.15, -0.1) is 11.6 Å². The molecule has 1 atom stereocenters. The Labute approximate surface area is 99.8 Å². The van der Waals surface area contributed by atoms with Crippen molar-refractivity contribution in [3.63, 3.8) is 0 Å². The van der Waals surface area contributed by atoms with E-state index >= 15 is 0 Å². The minimum Gasteiger partial charge on any atom is -0.297 e. The fraction of sp³-hybridized carbons (Fsp3) is 0.800. The van der Waals surface area contributed by atoms with Gasteiger partial charge in [0.15, 0.2) is 0 Å². The first-order valence-corrected chi connectivity index (χ1v) is 6.69. The normalized spacial score (nSPS) is 23.9. The quantitative estimate of drug-likeness (QED) is 0.766. The fourth-order valence-corrected chi connectivity index (χ4v) is 2.75. The van der Waals surface area contributed by atoms with Crippen molar-refractivity contribution in [2.24, 2.45) is 5.92 Å². The molecule has 1 aromatic rings. The van der Waals surface area contributed by atoms with E-state index < -0.39 is 0 Å². The van der Waals surface area contributed by atoms with E-state index in [4.69, 9.17) is 11.6 Å². The molecule has 1 saturated heterocycles. The van der Waals surface area contributed by atoms with Gasteiger partial charge in [0, 0.05) is 12.4 Å². The molecule has 1 unspecified atom stereocenters. The summed E-state index contributed by atoms with van der Waals surface area (Å²) in [6.45, 7) is 3.27. The Morgan fingerprint density at radius 3 is 3.13 bits per heavy atom. The summed E-state index contributed by atoms with van der Waals surface area (Å²) < 4.78 is 8.27. The predicted octanol–water partition coefficient (Wildman–Crippen LogP) is 2.38. The van der Waals surface area contributed by atoms with Crippen LogP contribution in [0.4, 0.5) is 0 Å². The summed E-state index contributed by atoms with van der Waals surface area (Å²) in [7, 11) is 0. The van der Waals surface area contributed by atoms with Gasteiger partial charge in [-0.3, -0.25) is 4.90 Å². The van der Waals surface area contributed by atoms with Crippen molar-refractivity contribution in [2.45, 2.75) is 25.8 Å².